The minimum absolute atomic E-state index is 0.105. The van der Waals surface area contributed by atoms with Crippen molar-refractivity contribution in [1.29, 1.82) is 0 Å². The van der Waals surface area contributed by atoms with Gasteiger partial charge in [-0.3, -0.25) is 14.4 Å². The number of ketones is 2. The number of carbonyl (C=O) groups excluding carboxylic acids is 3. The lowest BCUT2D eigenvalue weighted by Crippen LogP contribution is -2.49. The summed E-state index contributed by atoms with van der Waals surface area (Å²) in [5, 5.41) is 0. The summed E-state index contributed by atoms with van der Waals surface area (Å²) in [5.41, 5.74) is 0.421. The van der Waals surface area contributed by atoms with Gasteiger partial charge in [-0.05, 0) is 13.8 Å². The number of esters is 1. The second-order valence-corrected chi connectivity index (χ2v) is 6.27. The highest BCUT2D eigenvalue weighted by Gasteiger charge is 2.54. The van der Waals surface area contributed by atoms with Gasteiger partial charge in [0.25, 0.3) is 0 Å². The first-order valence-electron chi connectivity index (χ1n) is 7.20. The topological polar surface area (TPSA) is 69.7 Å². The number of ether oxygens (including phenoxy) is 2. The van der Waals surface area contributed by atoms with Crippen LogP contribution < -0.4 is 0 Å². The SMILES string of the molecule is CC1(C)O[C@@H]2CC(=O)O[C@@H]2C2=C1C(=O)c1ccccc1C2=O. The summed E-state index contributed by atoms with van der Waals surface area (Å²) in [6.07, 6.45) is -1.18. The Morgan fingerprint density at radius 1 is 1.05 bits per heavy atom. The third kappa shape index (κ3) is 1.60. The quantitative estimate of drug-likeness (QED) is 0.684. The third-order valence-electron chi connectivity index (χ3n) is 4.45. The molecule has 2 heterocycles. The fourth-order valence-corrected chi connectivity index (χ4v) is 3.59. The molecule has 1 fully saturated rings. The van der Waals surface area contributed by atoms with Crippen molar-refractivity contribution in [2.24, 2.45) is 0 Å². The first-order valence-corrected chi connectivity index (χ1v) is 7.20. The van der Waals surface area contributed by atoms with Gasteiger partial charge in [-0.15, -0.1) is 0 Å². The molecular formula is C17H14O5. The molecule has 0 amide bonds. The summed E-state index contributed by atoms with van der Waals surface area (Å²) in [4.78, 5) is 37.3. The Hall–Kier alpha value is -2.27. The summed E-state index contributed by atoms with van der Waals surface area (Å²) in [7, 11) is 0. The van der Waals surface area contributed by atoms with Gasteiger partial charge in [0.05, 0.1) is 17.6 Å². The molecule has 0 radical (unpaired) electrons. The van der Waals surface area contributed by atoms with Crippen LogP contribution in [-0.4, -0.2) is 35.3 Å². The summed E-state index contributed by atoms with van der Waals surface area (Å²) in [6, 6.07) is 6.72. The fraction of sp³-hybridized carbons (Fsp3) is 0.353. The van der Waals surface area contributed by atoms with Crippen LogP contribution in [0.5, 0.6) is 0 Å². The first-order chi connectivity index (χ1) is 10.4. The van der Waals surface area contributed by atoms with E-state index in [2.05, 4.69) is 0 Å². The normalized spacial score (nSPS) is 28.9. The largest absolute Gasteiger partial charge is 0.454 e. The van der Waals surface area contributed by atoms with Gasteiger partial charge in [0, 0.05) is 16.7 Å². The Kier molecular flexibility index (Phi) is 2.52. The highest BCUT2D eigenvalue weighted by atomic mass is 16.6. The van der Waals surface area contributed by atoms with Crippen LogP contribution in [0.1, 0.15) is 41.0 Å². The zero-order chi connectivity index (χ0) is 15.6. The zero-order valence-electron chi connectivity index (χ0n) is 12.2. The highest BCUT2D eigenvalue weighted by molar-refractivity contribution is 6.28. The Morgan fingerprint density at radius 2 is 1.68 bits per heavy atom. The van der Waals surface area contributed by atoms with Crippen molar-refractivity contribution >= 4 is 17.5 Å². The molecule has 5 nitrogen and oxygen atoms in total. The molecule has 112 valence electrons. The van der Waals surface area contributed by atoms with Gasteiger partial charge in [0.15, 0.2) is 17.7 Å². The monoisotopic (exact) mass is 298 g/mol. The van der Waals surface area contributed by atoms with Crippen molar-refractivity contribution in [1.82, 2.24) is 0 Å². The van der Waals surface area contributed by atoms with Gasteiger partial charge in [-0.2, -0.15) is 0 Å². The van der Waals surface area contributed by atoms with Crippen molar-refractivity contribution in [3.63, 3.8) is 0 Å². The Labute approximate surface area is 126 Å². The summed E-state index contributed by atoms with van der Waals surface area (Å²) < 4.78 is 11.2. The van der Waals surface area contributed by atoms with E-state index >= 15 is 0 Å². The van der Waals surface area contributed by atoms with E-state index in [1.807, 2.05) is 0 Å². The van der Waals surface area contributed by atoms with Crippen LogP contribution in [0.4, 0.5) is 0 Å². The van der Waals surface area contributed by atoms with Gasteiger partial charge in [0.1, 0.15) is 6.10 Å². The second-order valence-electron chi connectivity index (χ2n) is 6.27. The van der Waals surface area contributed by atoms with Crippen LogP contribution in [0.3, 0.4) is 0 Å². The molecule has 0 saturated carbocycles. The first kappa shape index (κ1) is 13.4. The van der Waals surface area contributed by atoms with Crippen LogP contribution >= 0.6 is 0 Å². The lowest BCUT2D eigenvalue weighted by molar-refractivity contribution is -0.141. The van der Waals surface area contributed by atoms with Crippen molar-refractivity contribution < 1.29 is 23.9 Å². The molecule has 1 aromatic rings. The summed E-state index contributed by atoms with van der Waals surface area (Å²) in [5.74, 6) is -0.874. The van der Waals surface area contributed by atoms with Crippen LogP contribution in [0, 0.1) is 0 Å². The Morgan fingerprint density at radius 3 is 2.36 bits per heavy atom. The molecule has 4 rings (SSSR count). The number of hydrogen-bond donors (Lipinski definition) is 0. The van der Waals surface area contributed by atoms with E-state index in [9.17, 15) is 14.4 Å². The Balaban J connectivity index is 1.97. The molecule has 3 aliphatic rings. The van der Waals surface area contributed by atoms with Crippen LogP contribution in [0.2, 0.25) is 0 Å². The summed E-state index contributed by atoms with van der Waals surface area (Å²) in [6.45, 7) is 3.50. The maximum atomic E-state index is 12.9. The molecule has 5 heteroatoms. The van der Waals surface area contributed by atoms with E-state index in [0.717, 1.165) is 0 Å². The Bertz CT molecular complexity index is 771. The van der Waals surface area contributed by atoms with Gasteiger partial charge in [-0.1, -0.05) is 24.3 Å². The molecule has 0 bridgehead atoms. The minimum Gasteiger partial charge on any atom is -0.454 e. The lowest BCUT2D eigenvalue weighted by atomic mass is 9.73. The second kappa shape index (κ2) is 4.14. The van der Waals surface area contributed by atoms with E-state index in [1.54, 1.807) is 38.1 Å². The zero-order valence-corrected chi connectivity index (χ0v) is 12.2. The van der Waals surface area contributed by atoms with E-state index in [0.29, 0.717) is 16.7 Å². The van der Waals surface area contributed by atoms with E-state index in [4.69, 9.17) is 9.47 Å². The van der Waals surface area contributed by atoms with Gasteiger partial charge in [0.2, 0.25) is 0 Å². The van der Waals surface area contributed by atoms with Crippen molar-refractivity contribution in [2.75, 3.05) is 0 Å². The fourth-order valence-electron chi connectivity index (χ4n) is 3.59. The molecule has 1 aromatic carbocycles. The molecule has 0 N–H and O–H groups in total. The van der Waals surface area contributed by atoms with E-state index in [-0.39, 0.29) is 23.6 Å². The van der Waals surface area contributed by atoms with Crippen molar-refractivity contribution in [3.8, 4) is 0 Å². The molecule has 0 aromatic heterocycles. The number of benzene rings is 1. The molecular weight excluding hydrogens is 284 g/mol. The van der Waals surface area contributed by atoms with Crippen LogP contribution in [0.25, 0.3) is 0 Å². The average molecular weight is 298 g/mol. The lowest BCUT2D eigenvalue weighted by Gasteiger charge is -2.41. The van der Waals surface area contributed by atoms with Crippen molar-refractivity contribution in [3.05, 3.63) is 46.5 Å². The molecule has 1 aliphatic carbocycles. The smallest absolute Gasteiger partial charge is 0.309 e. The predicted molar refractivity (Wildman–Crippen MR) is 75.6 cm³/mol. The number of Topliss-reactive ketones (excluding diaryl/α,β-unsaturated/α-hetero) is 2. The molecule has 1 saturated heterocycles. The van der Waals surface area contributed by atoms with Crippen molar-refractivity contribution in [2.45, 2.75) is 38.1 Å². The standard InChI is InChI=1S/C17H14O5/c1-17(2)13-12(16-10(22-17)7-11(18)21-16)14(19)8-5-3-4-6-9(8)15(13)20/h3-6,10,16H,7H2,1-2H3/t10-,16+/m1/s1. The molecule has 0 unspecified atom stereocenters. The molecule has 2 aliphatic heterocycles. The maximum absolute atomic E-state index is 12.9. The number of hydrogen-bond acceptors (Lipinski definition) is 5. The van der Waals surface area contributed by atoms with Gasteiger partial charge in [-0.25, -0.2) is 0 Å². The number of rotatable bonds is 0. The maximum Gasteiger partial charge on any atom is 0.309 e. The third-order valence-corrected chi connectivity index (χ3v) is 4.45. The molecule has 22 heavy (non-hydrogen) atoms. The average Bonchev–Trinajstić information content (AvgIpc) is 2.82. The van der Waals surface area contributed by atoms with E-state index in [1.165, 1.54) is 0 Å². The minimum atomic E-state index is -0.926. The van der Waals surface area contributed by atoms with Gasteiger partial charge < -0.3 is 9.47 Å². The highest BCUT2D eigenvalue weighted by Crippen LogP contribution is 2.44. The summed E-state index contributed by atoms with van der Waals surface area (Å²) >= 11 is 0. The van der Waals surface area contributed by atoms with Gasteiger partial charge >= 0.3 is 5.97 Å². The van der Waals surface area contributed by atoms with Crippen LogP contribution in [0.15, 0.2) is 35.4 Å². The number of carbonyl (C=O) groups is 3. The molecule has 2 atom stereocenters. The number of fused-ring (bicyclic) bond motifs is 3. The van der Waals surface area contributed by atoms with E-state index < -0.39 is 23.8 Å². The van der Waals surface area contributed by atoms with Crippen LogP contribution in [-0.2, 0) is 14.3 Å². The molecule has 0 spiro atoms. The predicted octanol–water partition coefficient (Wildman–Crippen LogP) is 1.86.